The number of aromatic hydroxyl groups is 1. The minimum atomic E-state index is -0.915. The van der Waals surface area contributed by atoms with Crippen molar-refractivity contribution in [1.29, 1.82) is 0 Å². The Labute approximate surface area is 246 Å². The molecule has 0 radical (unpaired) electrons. The van der Waals surface area contributed by atoms with Gasteiger partial charge in [-0.15, -0.1) is 6.42 Å². The van der Waals surface area contributed by atoms with Crippen LogP contribution < -0.4 is 14.4 Å². The van der Waals surface area contributed by atoms with Crippen molar-refractivity contribution in [1.82, 2.24) is 14.9 Å². The maximum Gasteiger partial charge on any atom is 0.319 e. The molecule has 1 N–H and O–H groups in total. The fourth-order valence-electron chi connectivity index (χ4n) is 7.60. The molecule has 1 aromatic heterocycles. The molecule has 0 spiro atoms. The Morgan fingerprint density at radius 2 is 2.02 bits per heavy atom. The molecule has 4 aliphatic rings. The number of likely N-dealkylation sites (N-methyl/N-ethyl adjacent to an activating group) is 1. The highest BCUT2D eigenvalue weighted by atomic mass is 19.1. The van der Waals surface area contributed by atoms with Gasteiger partial charge in [0.15, 0.2) is 5.82 Å². The molecule has 0 amide bonds. The van der Waals surface area contributed by atoms with Gasteiger partial charge in [0.2, 0.25) is 0 Å². The van der Waals surface area contributed by atoms with Gasteiger partial charge in [-0.2, -0.15) is 9.97 Å². The normalized spacial score (nSPS) is 26.0. The number of hydrogen-bond acceptors (Lipinski definition) is 7. The molecule has 3 aromatic carbocycles. The Balaban J connectivity index is 1.33. The summed E-state index contributed by atoms with van der Waals surface area (Å²) in [6, 6.07) is 7.14. The third kappa shape index (κ3) is 3.87. The van der Waals surface area contributed by atoms with E-state index >= 15 is 4.39 Å². The highest BCUT2D eigenvalue weighted by molar-refractivity contribution is 6.05. The van der Waals surface area contributed by atoms with Crippen molar-refractivity contribution in [2.75, 3.05) is 31.6 Å². The fourth-order valence-corrected chi connectivity index (χ4v) is 7.60. The number of terminal acetylenes is 1. The van der Waals surface area contributed by atoms with Crippen LogP contribution in [0.3, 0.4) is 0 Å². The maximum absolute atomic E-state index is 16.8. The van der Waals surface area contributed by atoms with Gasteiger partial charge < -0.3 is 19.5 Å². The zero-order chi connectivity index (χ0) is 29.6. The molecule has 7 nitrogen and oxygen atoms in total. The molecule has 43 heavy (non-hydrogen) atoms. The molecule has 8 rings (SSSR count). The first kappa shape index (κ1) is 26.4. The number of phenolic OH excluding ortho intramolecular Hbond substituents is 1. The lowest BCUT2D eigenvalue weighted by molar-refractivity contribution is 0.0947. The SMILES string of the molecule is C#Cc1c(F)ccc2cc(O)cc(-c3cc4c5c(nc(OC[C@@]67CCCN6C[C@H](F)C7)nc5c3F)N(C)[C@H]3CC[C@@H]3O4)c12. The van der Waals surface area contributed by atoms with Crippen molar-refractivity contribution >= 4 is 27.5 Å². The van der Waals surface area contributed by atoms with Crippen molar-refractivity contribution in [3.63, 3.8) is 0 Å². The zero-order valence-electron chi connectivity index (χ0n) is 23.5. The second-order valence-electron chi connectivity index (χ2n) is 12.2. The third-order valence-corrected chi connectivity index (χ3v) is 9.84. The summed E-state index contributed by atoms with van der Waals surface area (Å²) in [7, 11) is 1.90. The first-order chi connectivity index (χ1) is 20.8. The summed E-state index contributed by atoms with van der Waals surface area (Å²) in [5.41, 5.74) is -0.216. The smallest absolute Gasteiger partial charge is 0.319 e. The van der Waals surface area contributed by atoms with Gasteiger partial charge in [0.25, 0.3) is 0 Å². The minimum absolute atomic E-state index is 0.00576. The maximum atomic E-state index is 16.8. The van der Waals surface area contributed by atoms with E-state index in [1.54, 1.807) is 6.07 Å². The van der Waals surface area contributed by atoms with Crippen LogP contribution >= 0.6 is 0 Å². The van der Waals surface area contributed by atoms with Gasteiger partial charge in [-0.3, -0.25) is 4.90 Å². The number of aromatic nitrogens is 2. The van der Waals surface area contributed by atoms with Gasteiger partial charge in [-0.25, -0.2) is 13.2 Å². The van der Waals surface area contributed by atoms with E-state index < -0.39 is 23.3 Å². The van der Waals surface area contributed by atoms with E-state index in [9.17, 15) is 13.9 Å². The van der Waals surface area contributed by atoms with E-state index in [-0.39, 0.29) is 52.7 Å². The lowest BCUT2D eigenvalue weighted by Crippen LogP contribution is -2.51. The average molecular weight is 587 g/mol. The lowest BCUT2D eigenvalue weighted by Gasteiger charge is -2.40. The molecule has 220 valence electrons. The van der Waals surface area contributed by atoms with Gasteiger partial charge in [0.05, 0.1) is 22.5 Å². The first-order valence-electron chi connectivity index (χ1n) is 14.6. The molecule has 4 aromatic rings. The van der Waals surface area contributed by atoms with Crippen molar-refractivity contribution in [3.8, 4) is 41.0 Å². The molecule has 1 aliphatic carbocycles. The van der Waals surface area contributed by atoms with Crippen LogP contribution in [0.5, 0.6) is 17.5 Å². The molecular formula is C33H29F3N4O3. The summed E-state index contributed by atoms with van der Waals surface area (Å²) in [4.78, 5) is 13.4. The molecule has 4 atom stereocenters. The number of halogens is 3. The third-order valence-electron chi connectivity index (χ3n) is 9.84. The number of rotatable bonds is 4. The molecule has 3 aliphatic heterocycles. The van der Waals surface area contributed by atoms with Crippen LogP contribution in [0, 0.1) is 24.0 Å². The van der Waals surface area contributed by atoms with E-state index in [0.29, 0.717) is 40.7 Å². The highest BCUT2D eigenvalue weighted by Gasteiger charge is 2.49. The van der Waals surface area contributed by atoms with Gasteiger partial charge in [-0.05, 0) is 67.4 Å². The molecule has 2 saturated heterocycles. The monoisotopic (exact) mass is 586 g/mol. The zero-order valence-corrected chi connectivity index (χ0v) is 23.5. The Bertz CT molecular complexity index is 1880. The Kier molecular flexibility index (Phi) is 5.76. The van der Waals surface area contributed by atoms with Crippen LogP contribution in [0.25, 0.3) is 32.8 Å². The largest absolute Gasteiger partial charge is 0.508 e. The fraction of sp³-hybridized carbons (Fsp3) is 0.394. The highest BCUT2D eigenvalue weighted by Crippen LogP contribution is 2.48. The van der Waals surface area contributed by atoms with Crippen molar-refractivity contribution in [3.05, 3.63) is 47.5 Å². The Hall–Kier alpha value is -4.23. The number of nitrogens with zero attached hydrogens (tertiary/aromatic N) is 4. The number of alkyl halides is 1. The minimum Gasteiger partial charge on any atom is -0.508 e. The lowest BCUT2D eigenvalue weighted by atomic mass is 9.88. The molecule has 4 heterocycles. The van der Waals surface area contributed by atoms with E-state index in [1.807, 2.05) is 11.9 Å². The van der Waals surface area contributed by atoms with Crippen LogP contribution in [0.1, 0.15) is 37.7 Å². The van der Waals surface area contributed by atoms with Gasteiger partial charge in [0, 0.05) is 31.0 Å². The van der Waals surface area contributed by atoms with Gasteiger partial charge in [0.1, 0.15) is 47.5 Å². The van der Waals surface area contributed by atoms with E-state index in [2.05, 4.69) is 15.8 Å². The summed E-state index contributed by atoms with van der Waals surface area (Å²) in [6.07, 6.45) is 8.50. The first-order valence-corrected chi connectivity index (χ1v) is 14.6. The number of fused-ring (bicyclic) bond motifs is 3. The van der Waals surface area contributed by atoms with Crippen molar-refractivity contribution < 1.29 is 27.8 Å². The van der Waals surface area contributed by atoms with Crippen molar-refractivity contribution in [2.45, 2.75) is 56.0 Å². The van der Waals surface area contributed by atoms with Gasteiger partial charge >= 0.3 is 6.01 Å². The Morgan fingerprint density at radius 1 is 1.16 bits per heavy atom. The predicted molar refractivity (Wildman–Crippen MR) is 156 cm³/mol. The van der Waals surface area contributed by atoms with Crippen LogP contribution in [-0.4, -0.2) is 70.6 Å². The Morgan fingerprint density at radius 3 is 2.81 bits per heavy atom. The number of hydrogen-bond donors (Lipinski definition) is 1. The van der Waals surface area contributed by atoms with Crippen LogP contribution in [-0.2, 0) is 0 Å². The van der Waals surface area contributed by atoms with E-state index in [1.165, 1.54) is 24.3 Å². The number of ether oxygens (including phenoxy) is 2. The summed E-state index contributed by atoms with van der Waals surface area (Å²) in [5, 5.41) is 11.8. The van der Waals surface area contributed by atoms with Crippen molar-refractivity contribution in [2.24, 2.45) is 0 Å². The summed E-state index contributed by atoms with van der Waals surface area (Å²) < 4.78 is 58.7. The topological polar surface area (TPSA) is 71.0 Å². The number of benzene rings is 3. The van der Waals surface area contributed by atoms with Gasteiger partial charge in [-0.1, -0.05) is 12.0 Å². The standard InChI is InChI=1S/C33H29F3N4O3/c1-3-20-23(35)6-5-17-11-19(41)12-21(27(17)20)22-13-26-28-30(29(22)36)37-32(38-31(28)39(2)24-7-8-25(24)43-26)42-16-33-9-4-10-40(33)15-18(34)14-33/h1,5-6,11-13,18,24-25,41H,4,7-10,14-16H2,2H3/t18-,24+,25+,33+/m1/s1. The van der Waals surface area contributed by atoms with E-state index in [0.717, 1.165) is 32.2 Å². The van der Waals surface area contributed by atoms with Crippen LogP contribution in [0.2, 0.25) is 0 Å². The number of phenols is 1. The number of anilines is 1. The predicted octanol–water partition coefficient (Wildman–Crippen LogP) is 5.73. The second kappa shape index (κ2) is 9.38. The molecule has 0 unspecified atom stereocenters. The van der Waals surface area contributed by atoms with E-state index in [4.69, 9.17) is 20.9 Å². The quantitative estimate of drug-likeness (QED) is 0.307. The summed E-state index contributed by atoms with van der Waals surface area (Å²) in [6.45, 7) is 1.40. The van der Waals surface area contributed by atoms with Crippen LogP contribution in [0.15, 0.2) is 30.3 Å². The average Bonchev–Trinajstić information content (AvgIpc) is 3.48. The molecule has 10 heteroatoms. The molecular weight excluding hydrogens is 557 g/mol. The molecule has 0 bridgehead atoms. The van der Waals surface area contributed by atoms with Crippen LogP contribution in [0.4, 0.5) is 19.0 Å². The summed E-state index contributed by atoms with van der Waals surface area (Å²) >= 11 is 0. The molecule has 3 fully saturated rings. The second-order valence-corrected chi connectivity index (χ2v) is 12.2. The summed E-state index contributed by atoms with van der Waals surface area (Å²) in [5.74, 6) is 1.81. The molecule has 1 saturated carbocycles.